The zero-order chi connectivity index (χ0) is 23.9. The number of unbranched alkanes of at least 4 members (excludes halogenated alkanes) is 1. The molecule has 3 N–H and O–H groups in total. The fraction of sp³-hybridized carbons (Fsp3) is 0.864. The summed E-state index contributed by atoms with van der Waals surface area (Å²) in [6.45, 7) is 13.0. The number of nitrogens with one attached hydrogen (secondary N) is 1. The van der Waals surface area contributed by atoms with E-state index in [4.69, 9.17) is 19.9 Å². The van der Waals surface area contributed by atoms with Crippen LogP contribution >= 0.6 is 11.8 Å². The molecule has 0 spiro atoms. The van der Waals surface area contributed by atoms with Gasteiger partial charge in [0.05, 0.1) is 6.17 Å². The van der Waals surface area contributed by atoms with Crippen LogP contribution in [0.3, 0.4) is 0 Å². The average Bonchev–Trinajstić information content (AvgIpc) is 2.55. The van der Waals surface area contributed by atoms with Crippen LogP contribution in [0.1, 0.15) is 80.1 Å². The number of esters is 1. The topological polar surface area (TPSA) is 117 Å². The lowest BCUT2D eigenvalue weighted by Crippen LogP contribution is -2.44. The lowest BCUT2D eigenvalue weighted by molar-refractivity contribution is -0.155. The van der Waals surface area contributed by atoms with Gasteiger partial charge in [-0.05, 0) is 53.9 Å². The van der Waals surface area contributed by atoms with E-state index in [1.165, 1.54) is 6.92 Å². The Morgan fingerprint density at radius 2 is 1.48 bits per heavy atom. The van der Waals surface area contributed by atoms with Crippen LogP contribution in [0.15, 0.2) is 0 Å². The first-order chi connectivity index (χ1) is 14.3. The van der Waals surface area contributed by atoms with Crippen LogP contribution in [0.2, 0.25) is 0 Å². The maximum atomic E-state index is 12.0. The van der Waals surface area contributed by atoms with Crippen molar-refractivity contribution >= 4 is 28.8 Å². The highest BCUT2D eigenvalue weighted by molar-refractivity contribution is 8.14. The summed E-state index contributed by atoms with van der Waals surface area (Å²) in [5, 5.41) is 2.73. The Labute approximate surface area is 191 Å². The molecule has 1 unspecified atom stereocenters. The minimum atomic E-state index is -0.473. The second-order valence-corrected chi connectivity index (χ2v) is 11.0. The lowest BCUT2D eigenvalue weighted by Gasteiger charge is -2.23. The molecule has 0 aromatic heterocycles. The van der Waals surface area contributed by atoms with Gasteiger partial charge in [0.2, 0.25) is 5.91 Å². The average molecular weight is 463 g/mol. The lowest BCUT2D eigenvalue weighted by atomic mass is 10.1. The van der Waals surface area contributed by atoms with E-state index in [-0.39, 0.29) is 23.4 Å². The van der Waals surface area contributed by atoms with Gasteiger partial charge in [-0.2, -0.15) is 0 Å². The molecule has 0 aliphatic rings. The van der Waals surface area contributed by atoms with Crippen molar-refractivity contribution in [2.24, 2.45) is 5.73 Å². The first-order valence-electron chi connectivity index (χ1n) is 10.9. The minimum Gasteiger partial charge on any atom is -0.460 e. The molecule has 0 saturated heterocycles. The second kappa shape index (κ2) is 15.6. The van der Waals surface area contributed by atoms with E-state index in [9.17, 15) is 14.4 Å². The Hall–Kier alpha value is -1.16. The van der Waals surface area contributed by atoms with Crippen LogP contribution in [0.5, 0.6) is 0 Å². The number of rotatable bonds is 16. The van der Waals surface area contributed by atoms with E-state index in [2.05, 4.69) is 5.32 Å². The van der Waals surface area contributed by atoms with Gasteiger partial charge in [-0.15, -0.1) is 0 Å². The molecule has 9 heteroatoms. The van der Waals surface area contributed by atoms with Gasteiger partial charge in [-0.1, -0.05) is 11.8 Å². The molecule has 0 aromatic rings. The molecular formula is C22H42N2O6S. The highest BCUT2D eigenvalue weighted by Crippen LogP contribution is 2.28. The van der Waals surface area contributed by atoms with Gasteiger partial charge in [0.15, 0.2) is 5.12 Å². The molecule has 0 aliphatic heterocycles. The molecule has 0 rings (SSSR count). The summed E-state index contributed by atoms with van der Waals surface area (Å²) < 4.78 is 15.8. The Bertz CT molecular complexity index is 549. The third-order valence-corrected chi connectivity index (χ3v) is 4.83. The number of carbonyl (C=O) groups excluding carboxylic acids is 3. The van der Waals surface area contributed by atoms with Crippen molar-refractivity contribution in [2.45, 2.75) is 96.6 Å². The van der Waals surface area contributed by atoms with E-state index < -0.39 is 16.5 Å². The number of carbonyl (C=O) groups is 3. The number of hydrogen-bond acceptors (Lipinski definition) is 8. The Morgan fingerprint density at radius 3 is 2.03 bits per heavy atom. The highest BCUT2D eigenvalue weighted by atomic mass is 32.2. The fourth-order valence-electron chi connectivity index (χ4n) is 2.68. The molecule has 0 bridgehead atoms. The van der Waals surface area contributed by atoms with Crippen LogP contribution in [-0.4, -0.2) is 59.9 Å². The molecule has 1 atom stereocenters. The largest absolute Gasteiger partial charge is 0.460 e. The molecular weight excluding hydrogens is 420 g/mol. The van der Waals surface area contributed by atoms with Crippen molar-refractivity contribution in [3.63, 3.8) is 0 Å². The predicted molar refractivity (Wildman–Crippen MR) is 124 cm³/mol. The zero-order valence-corrected chi connectivity index (χ0v) is 20.9. The summed E-state index contributed by atoms with van der Waals surface area (Å²) in [4.78, 5) is 34.8. The molecule has 0 saturated carbocycles. The van der Waals surface area contributed by atoms with Crippen LogP contribution in [-0.2, 0) is 28.6 Å². The van der Waals surface area contributed by atoms with Crippen LogP contribution in [0.4, 0.5) is 0 Å². The SMILES string of the molecule is CC(=O)SC(C)(C)CC(=O)NC(N)CCOCCCCOCCCC(=O)OC(C)(C)C. The van der Waals surface area contributed by atoms with Gasteiger partial charge < -0.3 is 25.3 Å². The summed E-state index contributed by atoms with van der Waals surface area (Å²) in [5.41, 5.74) is 5.48. The van der Waals surface area contributed by atoms with Crippen LogP contribution < -0.4 is 11.1 Å². The molecule has 0 aliphatic carbocycles. The van der Waals surface area contributed by atoms with E-state index in [0.717, 1.165) is 24.6 Å². The minimum absolute atomic E-state index is 0.0123. The van der Waals surface area contributed by atoms with Gasteiger partial charge in [-0.25, -0.2) is 0 Å². The van der Waals surface area contributed by atoms with Gasteiger partial charge in [0.1, 0.15) is 5.60 Å². The van der Waals surface area contributed by atoms with Crippen molar-refractivity contribution in [3.8, 4) is 0 Å². The second-order valence-electron chi connectivity index (χ2n) is 9.11. The highest BCUT2D eigenvalue weighted by Gasteiger charge is 2.25. The number of nitrogens with two attached hydrogens (primary N) is 1. The number of thioether (sulfide) groups is 1. The molecule has 182 valence electrons. The Kier molecular flexibility index (Phi) is 15.0. The molecule has 0 radical (unpaired) electrons. The molecule has 1 amide bonds. The standard InChI is InChI=1S/C22H42N2O6S/c1-17(25)31-22(5,6)16-19(26)24-18(23)11-15-29-13-8-7-12-28-14-9-10-20(27)30-21(2,3)4/h18H,7-16,23H2,1-6H3,(H,24,26). The number of hydrogen-bond donors (Lipinski definition) is 2. The normalized spacial score (nSPS) is 13.0. The van der Waals surface area contributed by atoms with E-state index in [0.29, 0.717) is 45.7 Å². The monoisotopic (exact) mass is 462 g/mol. The first kappa shape index (κ1) is 29.8. The van der Waals surface area contributed by atoms with Crippen LogP contribution in [0.25, 0.3) is 0 Å². The van der Waals surface area contributed by atoms with Crippen molar-refractivity contribution < 1.29 is 28.6 Å². The van der Waals surface area contributed by atoms with Crippen molar-refractivity contribution in [3.05, 3.63) is 0 Å². The maximum Gasteiger partial charge on any atom is 0.306 e. The van der Waals surface area contributed by atoms with Crippen LogP contribution in [0, 0.1) is 0 Å². The van der Waals surface area contributed by atoms with Gasteiger partial charge >= 0.3 is 5.97 Å². The maximum absolute atomic E-state index is 12.0. The molecule has 8 nitrogen and oxygen atoms in total. The Balaban J connectivity index is 3.59. The first-order valence-corrected chi connectivity index (χ1v) is 11.7. The summed E-state index contributed by atoms with van der Waals surface area (Å²) in [6, 6.07) is 0. The number of ether oxygens (including phenoxy) is 3. The van der Waals surface area contributed by atoms with Crippen molar-refractivity contribution in [1.29, 1.82) is 0 Å². The van der Waals surface area contributed by atoms with Gasteiger partial charge in [-0.3, -0.25) is 14.4 Å². The summed E-state index contributed by atoms with van der Waals surface area (Å²) in [7, 11) is 0. The van der Waals surface area contributed by atoms with Gasteiger partial charge in [0, 0.05) is 57.4 Å². The molecule has 31 heavy (non-hydrogen) atoms. The van der Waals surface area contributed by atoms with E-state index in [1.54, 1.807) is 0 Å². The van der Waals surface area contributed by atoms with E-state index in [1.807, 2.05) is 34.6 Å². The van der Waals surface area contributed by atoms with Crippen molar-refractivity contribution in [2.75, 3.05) is 26.4 Å². The Morgan fingerprint density at radius 1 is 0.935 bits per heavy atom. The molecule has 0 heterocycles. The summed E-state index contributed by atoms with van der Waals surface area (Å²) >= 11 is 1.15. The fourth-order valence-corrected chi connectivity index (χ4v) is 3.66. The zero-order valence-electron chi connectivity index (χ0n) is 20.1. The number of amides is 1. The van der Waals surface area contributed by atoms with Gasteiger partial charge in [0.25, 0.3) is 0 Å². The van der Waals surface area contributed by atoms with E-state index >= 15 is 0 Å². The third-order valence-electron chi connectivity index (χ3n) is 3.84. The third kappa shape index (κ3) is 20.5. The summed E-state index contributed by atoms with van der Waals surface area (Å²) in [6.07, 6.45) is 3.03. The molecule has 0 fully saturated rings. The quantitative estimate of drug-likeness (QED) is 0.204. The predicted octanol–water partition coefficient (Wildman–Crippen LogP) is 3.16. The summed E-state index contributed by atoms with van der Waals surface area (Å²) in [5.74, 6) is -0.368. The molecule has 0 aromatic carbocycles. The smallest absolute Gasteiger partial charge is 0.306 e. The van der Waals surface area contributed by atoms with Crippen molar-refractivity contribution in [1.82, 2.24) is 5.32 Å².